The van der Waals surface area contributed by atoms with Crippen molar-refractivity contribution in [1.82, 2.24) is 0 Å². The highest BCUT2D eigenvalue weighted by Crippen LogP contribution is 2.51. The van der Waals surface area contributed by atoms with Crippen LogP contribution in [0.5, 0.6) is 17.2 Å². The minimum absolute atomic E-state index is 0.0362. The van der Waals surface area contributed by atoms with E-state index in [-0.39, 0.29) is 23.2 Å². The third-order valence-electron chi connectivity index (χ3n) is 5.65. The maximum absolute atomic E-state index is 10.7. The summed E-state index contributed by atoms with van der Waals surface area (Å²) >= 11 is 5.97. The lowest BCUT2D eigenvalue weighted by Gasteiger charge is -2.30. The van der Waals surface area contributed by atoms with Crippen molar-refractivity contribution in [3.63, 3.8) is 0 Å². The molecule has 3 nitrogen and oxygen atoms in total. The molecule has 0 aliphatic heterocycles. The number of halogens is 1. The van der Waals surface area contributed by atoms with Crippen LogP contribution >= 0.6 is 11.6 Å². The monoisotopic (exact) mass is 368 g/mol. The van der Waals surface area contributed by atoms with Crippen LogP contribution in [0.3, 0.4) is 0 Å². The fourth-order valence-corrected chi connectivity index (χ4v) is 4.37. The maximum Gasteiger partial charge on any atom is 0.166 e. The molecule has 0 atom stereocenters. The van der Waals surface area contributed by atoms with Gasteiger partial charge in [0.2, 0.25) is 0 Å². The van der Waals surface area contributed by atoms with E-state index in [1.54, 1.807) is 18.2 Å². The molecule has 0 aromatic heterocycles. The van der Waals surface area contributed by atoms with E-state index < -0.39 is 0 Å². The second-order valence-electron chi connectivity index (χ2n) is 7.11. The van der Waals surface area contributed by atoms with Gasteiger partial charge in [-0.25, -0.2) is 0 Å². The Bertz CT molecular complexity index is 942. The Morgan fingerprint density at radius 2 is 1.19 bits per heavy atom. The molecule has 4 heteroatoms. The number of rotatable bonds is 2. The first-order valence-electron chi connectivity index (χ1n) is 8.97. The summed E-state index contributed by atoms with van der Waals surface area (Å²) in [5.74, 6) is 0.256. The summed E-state index contributed by atoms with van der Waals surface area (Å²) in [6.45, 7) is 0. The first-order valence-corrected chi connectivity index (χ1v) is 9.35. The fraction of sp³-hybridized carbons (Fsp3) is 0.273. The summed E-state index contributed by atoms with van der Waals surface area (Å²) in [6.07, 6.45) is 3.65. The molecule has 0 unspecified atom stereocenters. The Kier molecular flexibility index (Phi) is 4.41. The van der Waals surface area contributed by atoms with Gasteiger partial charge in [0.25, 0.3) is 0 Å². The average molecular weight is 369 g/mol. The first-order chi connectivity index (χ1) is 12.6. The topological polar surface area (TPSA) is 60.7 Å². The van der Waals surface area contributed by atoms with Gasteiger partial charge < -0.3 is 15.3 Å². The molecule has 3 N–H and O–H groups in total. The fourth-order valence-electron chi connectivity index (χ4n) is 4.25. The highest BCUT2D eigenvalue weighted by molar-refractivity contribution is 6.30. The third-order valence-corrected chi connectivity index (χ3v) is 5.90. The molecule has 0 radical (unpaired) electrons. The molecular weight excluding hydrogens is 348 g/mol. The van der Waals surface area contributed by atoms with Crippen molar-refractivity contribution in [2.75, 3.05) is 0 Å². The van der Waals surface area contributed by atoms with Crippen LogP contribution in [-0.2, 0) is 0 Å². The van der Waals surface area contributed by atoms with Gasteiger partial charge in [-0.15, -0.1) is 0 Å². The predicted octanol–water partition coefficient (Wildman–Crippen LogP) is 6.05. The minimum atomic E-state index is -0.184. The van der Waals surface area contributed by atoms with Crippen molar-refractivity contribution >= 4 is 22.4 Å². The zero-order chi connectivity index (χ0) is 18.3. The summed E-state index contributed by atoms with van der Waals surface area (Å²) in [6, 6.07) is 15.0. The van der Waals surface area contributed by atoms with Gasteiger partial charge in [0, 0.05) is 21.4 Å². The number of aromatic hydroxyl groups is 3. The van der Waals surface area contributed by atoms with E-state index in [9.17, 15) is 15.3 Å². The van der Waals surface area contributed by atoms with Crippen LogP contribution in [0.25, 0.3) is 10.8 Å². The largest absolute Gasteiger partial charge is 0.507 e. The van der Waals surface area contributed by atoms with Crippen molar-refractivity contribution in [3.8, 4) is 17.2 Å². The van der Waals surface area contributed by atoms with Crippen LogP contribution in [-0.4, -0.2) is 15.3 Å². The standard InChI is InChI=1S/C22H21ClO3/c23-16-11-9-14(10-12-16)13-5-7-15(8-6-13)19-20(24)17-3-1-2-4-18(17)21(25)22(19)26/h1-4,9-13,15,24-26H,5-8H2. The molecule has 0 spiro atoms. The molecule has 0 amide bonds. The molecule has 1 fully saturated rings. The Balaban J connectivity index is 1.63. The highest BCUT2D eigenvalue weighted by Gasteiger charge is 2.29. The van der Waals surface area contributed by atoms with Crippen LogP contribution in [0.2, 0.25) is 5.02 Å². The van der Waals surface area contributed by atoms with Crippen LogP contribution in [0, 0.1) is 0 Å². The molecule has 1 aliphatic rings. The summed E-state index contributed by atoms with van der Waals surface area (Å²) in [5.41, 5.74) is 1.76. The molecule has 4 rings (SSSR count). The lowest BCUT2D eigenvalue weighted by Crippen LogP contribution is -2.12. The van der Waals surface area contributed by atoms with E-state index in [2.05, 4.69) is 12.1 Å². The summed E-state index contributed by atoms with van der Waals surface area (Å²) in [7, 11) is 0. The second-order valence-corrected chi connectivity index (χ2v) is 7.54. The molecule has 26 heavy (non-hydrogen) atoms. The molecule has 0 heterocycles. The molecular formula is C22H21ClO3. The average Bonchev–Trinajstić information content (AvgIpc) is 2.68. The van der Waals surface area contributed by atoms with E-state index in [0.717, 1.165) is 30.7 Å². The number of hydrogen-bond donors (Lipinski definition) is 3. The second kappa shape index (κ2) is 6.73. The smallest absolute Gasteiger partial charge is 0.166 e. The summed E-state index contributed by atoms with van der Waals surface area (Å²) in [4.78, 5) is 0. The normalized spacial score (nSPS) is 20.3. The Morgan fingerprint density at radius 3 is 1.81 bits per heavy atom. The van der Waals surface area contributed by atoms with Crippen molar-refractivity contribution in [1.29, 1.82) is 0 Å². The van der Waals surface area contributed by atoms with Gasteiger partial charge >= 0.3 is 0 Å². The minimum Gasteiger partial charge on any atom is -0.507 e. The van der Waals surface area contributed by atoms with Crippen LogP contribution < -0.4 is 0 Å². The molecule has 0 bridgehead atoms. The molecule has 3 aromatic rings. The maximum atomic E-state index is 10.7. The molecule has 134 valence electrons. The lowest BCUT2D eigenvalue weighted by molar-refractivity contribution is 0.355. The van der Waals surface area contributed by atoms with E-state index in [0.29, 0.717) is 22.3 Å². The number of hydrogen-bond acceptors (Lipinski definition) is 3. The highest BCUT2D eigenvalue weighted by atomic mass is 35.5. The third kappa shape index (κ3) is 2.86. The van der Waals surface area contributed by atoms with Crippen molar-refractivity contribution in [3.05, 3.63) is 64.7 Å². The van der Waals surface area contributed by atoms with Gasteiger partial charge in [0.05, 0.1) is 0 Å². The number of phenolic OH excluding ortho intramolecular Hbond substituents is 3. The Morgan fingerprint density at radius 1 is 0.654 bits per heavy atom. The zero-order valence-electron chi connectivity index (χ0n) is 14.3. The van der Waals surface area contributed by atoms with E-state index in [4.69, 9.17) is 11.6 Å². The van der Waals surface area contributed by atoms with Gasteiger partial charge in [0.1, 0.15) is 5.75 Å². The van der Waals surface area contributed by atoms with Crippen LogP contribution in [0.15, 0.2) is 48.5 Å². The molecule has 3 aromatic carbocycles. The molecule has 1 aliphatic carbocycles. The van der Waals surface area contributed by atoms with Gasteiger partial charge in [-0.2, -0.15) is 0 Å². The Hall–Kier alpha value is -2.39. The zero-order valence-corrected chi connectivity index (χ0v) is 15.1. The van der Waals surface area contributed by atoms with Crippen molar-refractivity contribution < 1.29 is 15.3 Å². The van der Waals surface area contributed by atoms with E-state index in [1.165, 1.54) is 5.56 Å². The summed E-state index contributed by atoms with van der Waals surface area (Å²) in [5, 5.41) is 33.4. The SMILES string of the molecule is Oc1c(C2CCC(c3ccc(Cl)cc3)CC2)c(O)c2ccccc2c1O. The number of phenols is 3. The van der Waals surface area contributed by atoms with E-state index in [1.807, 2.05) is 18.2 Å². The van der Waals surface area contributed by atoms with Gasteiger partial charge in [-0.05, 0) is 55.2 Å². The number of fused-ring (bicyclic) bond motifs is 1. The molecule has 0 saturated heterocycles. The predicted molar refractivity (Wildman–Crippen MR) is 104 cm³/mol. The van der Waals surface area contributed by atoms with Crippen molar-refractivity contribution in [2.24, 2.45) is 0 Å². The lowest BCUT2D eigenvalue weighted by atomic mass is 9.75. The van der Waals surface area contributed by atoms with Crippen molar-refractivity contribution in [2.45, 2.75) is 37.5 Å². The molecule has 1 saturated carbocycles. The van der Waals surface area contributed by atoms with Gasteiger partial charge in [-0.1, -0.05) is 48.0 Å². The van der Waals surface area contributed by atoms with E-state index >= 15 is 0 Å². The quantitative estimate of drug-likeness (QED) is 0.381. The first kappa shape index (κ1) is 17.0. The van der Waals surface area contributed by atoms with Gasteiger partial charge in [0.15, 0.2) is 11.5 Å². The van der Waals surface area contributed by atoms with Crippen LogP contribution in [0.4, 0.5) is 0 Å². The Labute approximate surface area is 157 Å². The summed E-state index contributed by atoms with van der Waals surface area (Å²) < 4.78 is 0. The van der Waals surface area contributed by atoms with Crippen LogP contribution in [0.1, 0.15) is 48.6 Å². The number of benzene rings is 3. The van der Waals surface area contributed by atoms with Gasteiger partial charge in [-0.3, -0.25) is 0 Å².